The lowest BCUT2D eigenvalue weighted by Gasteiger charge is -2.14. The SMILES string of the molecule is CCCCCCC[C@@H](Br)[C@H](O)C(=O)OC. The molecule has 0 heterocycles. The number of carbonyl (C=O) groups is 1. The van der Waals surface area contributed by atoms with Gasteiger partial charge in [-0.25, -0.2) is 4.79 Å². The van der Waals surface area contributed by atoms with E-state index in [1.165, 1.54) is 26.4 Å². The normalized spacial score (nSPS) is 14.7. The van der Waals surface area contributed by atoms with Crippen molar-refractivity contribution in [2.24, 2.45) is 0 Å². The Morgan fingerprint density at radius 1 is 1.33 bits per heavy atom. The van der Waals surface area contributed by atoms with E-state index >= 15 is 0 Å². The van der Waals surface area contributed by atoms with Gasteiger partial charge in [-0.05, 0) is 6.42 Å². The number of halogens is 1. The molecule has 0 aromatic carbocycles. The van der Waals surface area contributed by atoms with Crippen LogP contribution in [0.25, 0.3) is 0 Å². The Kier molecular flexibility index (Phi) is 9.10. The molecule has 0 radical (unpaired) electrons. The smallest absolute Gasteiger partial charge is 0.335 e. The van der Waals surface area contributed by atoms with Gasteiger partial charge in [0, 0.05) is 0 Å². The summed E-state index contributed by atoms with van der Waals surface area (Å²) in [5.41, 5.74) is 0. The van der Waals surface area contributed by atoms with Gasteiger partial charge in [-0.3, -0.25) is 0 Å². The Morgan fingerprint density at radius 2 is 1.93 bits per heavy atom. The molecule has 0 aliphatic carbocycles. The van der Waals surface area contributed by atoms with E-state index in [0.717, 1.165) is 19.3 Å². The van der Waals surface area contributed by atoms with E-state index in [4.69, 9.17) is 0 Å². The molecule has 15 heavy (non-hydrogen) atoms. The minimum atomic E-state index is -1.04. The molecule has 0 bridgehead atoms. The number of carbonyl (C=O) groups excluding carboxylic acids is 1. The molecule has 0 unspecified atom stereocenters. The Morgan fingerprint density at radius 3 is 2.47 bits per heavy atom. The number of methoxy groups -OCH3 is 1. The Labute approximate surface area is 100 Å². The molecule has 0 aromatic heterocycles. The van der Waals surface area contributed by atoms with E-state index in [2.05, 4.69) is 27.6 Å². The molecule has 0 saturated carbocycles. The van der Waals surface area contributed by atoms with Gasteiger partial charge in [0.1, 0.15) is 0 Å². The molecule has 90 valence electrons. The van der Waals surface area contributed by atoms with Gasteiger partial charge >= 0.3 is 5.97 Å². The van der Waals surface area contributed by atoms with Gasteiger partial charge in [-0.1, -0.05) is 55.0 Å². The van der Waals surface area contributed by atoms with Crippen molar-refractivity contribution in [3.63, 3.8) is 0 Å². The van der Waals surface area contributed by atoms with E-state index in [1.54, 1.807) is 0 Å². The van der Waals surface area contributed by atoms with Crippen LogP contribution in [-0.4, -0.2) is 29.1 Å². The quantitative estimate of drug-likeness (QED) is 0.422. The van der Waals surface area contributed by atoms with Crippen molar-refractivity contribution in [2.75, 3.05) is 7.11 Å². The highest BCUT2D eigenvalue weighted by Gasteiger charge is 2.23. The molecule has 4 heteroatoms. The third-order valence-electron chi connectivity index (χ3n) is 2.37. The van der Waals surface area contributed by atoms with Gasteiger partial charge < -0.3 is 9.84 Å². The van der Waals surface area contributed by atoms with E-state index < -0.39 is 12.1 Å². The number of aliphatic hydroxyl groups is 1. The van der Waals surface area contributed by atoms with Crippen molar-refractivity contribution in [3.05, 3.63) is 0 Å². The first kappa shape index (κ1) is 14.9. The van der Waals surface area contributed by atoms with E-state index in [-0.39, 0.29) is 4.83 Å². The predicted octanol–water partition coefficient (Wildman–Crippen LogP) is 2.64. The van der Waals surface area contributed by atoms with Gasteiger partial charge in [0.15, 0.2) is 6.10 Å². The van der Waals surface area contributed by atoms with Gasteiger partial charge in [0.2, 0.25) is 0 Å². The number of esters is 1. The molecule has 1 N–H and O–H groups in total. The number of hydrogen-bond acceptors (Lipinski definition) is 3. The average Bonchev–Trinajstić information content (AvgIpc) is 2.26. The molecule has 2 atom stereocenters. The minimum Gasteiger partial charge on any atom is -0.467 e. The van der Waals surface area contributed by atoms with Crippen LogP contribution in [-0.2, 0) is 9.53 Å². The first-order valence-corrected chi connectivity index (χ1v) is 6.45. The van der Waals surface area contributed by atoms with Crippen molar-refractivity contribution in [3.8, 4) is 0 Å². The van der Waals surface area contributed by atoms with Crippen molar-refractivity contribution in [2.45, 2.75) is 56.4 Å². The van der Waals surface area contributed by atoms with Crippen molar-refractivity contribution >= 4 is 21.9 Å². The molecule has 0 aromatic rings. The monoisotopic (exact) mass is 280 g/mol. The molecule has 0 rings (SSSR count). The van der Waals surface area contributed by atoms with Crippen molar-refractivity contribution in [1.29, 1.82) is 0 Å². The summed E-state index contributed by atoms with van der Waals surface area (Å²) in [7, 11) is 1.28. The van der Waals surface area contributed by atoms with Crippen LogP contribution >= 0.6 is 15.9 Å². The number of hydrogen-bond donors (Lipinski definition) is 1. The van der Waals surface area contributed by atoms with Gasteiger partial charge in [0.05, 0.1) is 11.9 Å². The summed E-state index contributed by atoms with van der Waals surface area (Å²) in [4.78, 5) is 10.8. The van der Waals surface area contributed by atoms with Crippen LogP contribution in [0.2, 0.25) is 0 Å². The Hall–Kier alpha value is -0.0900. The first-order valence-electron chi connectivity index (χ1n) is 5.53. The van der Waals surface area contributed by atoms with E-state index in [1.807, 2.05) is 0 Å². The maximum Gasteiger partial charge on any atom is 0.335 e. The summed E-state index contributed by atoms with van der Waals surface area (Å²) < 4.78 is 4.46. The number of unbranched alkanes of at least 4 members (excludes halogenated alkanes) is 4. The zero-order valence-corrected chi connectivity index (χ0v) is 11.1. The fourth-order valence-electron chi connectivity index (χ4n) is 1.37. The third kappa shape index (κ3) is 6.90. The second-order valence-corrected chi connectivity index (χ2v) is 4.86. The summed E-state index contributed by atoms with van der Waals surface area (Å²) in [6.07, 6.45) is 5.66. The van der Waals surface area contributed by atoms with Crippen LogP contribution in [0.5, 0.6) is 0 Å². The fourth-order valence-corrected chi connectivity index (χ4v) is 1.91. The molecular weight excluding hydrogens is 260 g/mol. The highest BCUT2D eigenvalue weighted by atomic mass is 79.9. The van der Waals surface area contributed by atoms with Crippen LogP contribution in [0.3, 0.4) is 0 Å². The molecular formula is C11H21BrO3. The highest BCUT2D eigenvalue weighted by Crippen LogP contribution is 2.16. The number of alkyl halides is 1. The second kappa shape index (κ2) is 9.16. The van der Waals surface area contributed by atoms with Crippen LogP contribution in [0, 0.1) is 0 Å². The van der Waals surface area contributed by atoms with Crippen LogP contribution < -0.4 is 0 Å². The zero-order valence-electron chi connectivity index (χ0n) is 9.54. The standard InChI is InChI=1S/C11H21BrO3/c1-3-4-5-6-7-8-9(12)10(13)11(14)15-2/h9-10,13H,3-8H2,1-2H3/t9-,10+/m1/s1. The average molecular weight is 281 g/mol. The molecule has 0 fully saturated rings. The van der Waals surface area contributed by atoms with Crippen molar-refractivity contribution in [1.82, 2.24) is 0 Å². The lowest BCUT2D eigenvalue weighted by atomic mass is 10.1. The molecule has 0 aliphatic rings. The van der Waals surface area contributed by atoms with Crippen LogP contribution in [0.1, 0.15) is 45.4 Å². The minimum absolute atomic E-state index is 0.188. The zero-order chi connectivity index (χ0) is 11.7. The van der Waals surface area contributed by atoms with Gasteiger partial charge in [0.25, 0.3) is 0 Å². The summed E-state index contributed by atoms with van der Waals surface area (Å²) in [6.45, 7) is 2.17. The number of ether oxygens (including phenoxy) is 1. The van der Waals surface area contributed by atoms with Gasteiger partial charge in [-0.2, -0.15) is 0 Å². The van der Waals surface area contributed by atoms with Crippen LogP contribution in [0.4, 0.5) is 0 Å². The summed E-state index contributed by atoms with van der Waals surface area (Å²) >= 11 is 3.30. The summed E-state index contributed by atoms with van der Waals surface area (Å²) in [6, 6.07) is 0. The molecule has 3 nitrogen and oxygen atoms in total. The van der Waals surface area contributed by atoms with Gasteiger partial charge in [-0.15, -0.1) is 0 Å². The maximum absolute atomic E-state index is 11.0. The highest BCUT2D eigenvalue weighted by molar-refractivity contribution is 9.09. The molecule has 0 aliphatic heterocycles. The molecule has 0 spiro atoms. The molecule has 0 saturated heterocycles. The van der Waals surface area contributed by atoms with E-state index in [0.29, 0.717) is 0 Å². The lowest BCUT2D eigenvalue weighted by molar-refractivity contribution is -0.150. The van der Waals surface area contributed by atoms with Crippen molar-refractivity contribution < 1.29 is 14.6 Å². The number of aliphatic hydroxyl groups excluding tert-OH is 1. The fraction of sp³-hybridized carbons (Fsp3) is 0.909. The summed E-state index contributed by atoms with van der Waals surface area (Å²) in [5, 5.41) is 9.47. The lowest BCUT2D eigenvalue weighted by Crippen LogP contribution is -2.30. The summed E-state index contributed by atoms with van der Waals surface area (Å²) in [5.74, 6) is -0.564. The largest absolute Gasteiger partial charge is 0.467 e. The van der Waals surface area contributed by atoms with E-state index in [9.17, 15) is 9.90 Å². The third-order valence-corrected chi connectivity index (χ3v) is 3.33. The molecule has 0 amide bonds. The Balaban J connectivity index is 3.55. The Bertz CT molecular complexity index is 173. The maximum atomic E-state index is 11.0. The first-order chi connectivity index (χ1) is 7.13. The topological polar surface area (TPSA) is 46.5 Å². The number of rotatable bonds is 8. The second-order valence-electron chi connectivity index (χ2n) is 3.69. The predicted molar refractivity (Wildman–Crippen MR) is 64.1 cm³/mol. The van der Waals surface area contributed by atoms with Crippen LogP contribution in [0.15, 0.2) is 0 Å².